The highest BCUT2D eigenvalue weighted by Gasteiger charge is 2.08. The summed E-state index contributed by atoms with van der Waals surface area (Å²) in [5.41, 5.74) is 0.203. The summed E-state index contributed by atoms with van der Waals surface area (Å²) in [6.07, 6.45) is 1.81. The number of carbonyl (C=O) groups excluding carboxylic acids is 2. The van der Waals surface area contributed by atoms with Crippen LogP contribution in [0.1, 0.15) is 19.8 Å². The average molecular weight is 346 g/mol. The highest BCUT2D eigenvalue weighted by atomic mass is 79.9. The average Bonchev–Trinajstić information content (AvgIpc) is 2.38. The zero-order chi connectivity index (χ0) is 15.0. The van der Waals surface area contributed by atoms with Crippen LogP contribution in [0.2, 0.25) is 0 Å². The minimum Gasteiger partial charge on any atom is -0.374 e. The van der Waals surface area contributed by atoms with Gasteiger partial charge in [0.2, 0.25) is 5.91 Å². The fourth-order valence-corrected chi connectivity index (χ4v) is 1.74. The third-order valence-corrected chi connectivity index (χ3v) is 2.93. The number of urea groups is 1. The smallest absolute Gasteiger partial charge is 0.321 e. The number of anilines is 1. The lowest BCUT2D eigenvalue weighted by molar-refractivity contribution is -0.118. The predicted octanol–water partition coefficient (Wildman–Crippen LogP) is 2.63. The van der Waals surface area contributed by atoms with Crippen LogP contribution in [0.3, 0.4) is 0 Å². The fraction of sp³-hybridized carbons (Fsp3) is 0.385. The van der Waals surface area contributed by atoms with Gasteiger partial charge in [-0.1, -0.05) is 29.3 Å². The Bertz CT molecular complexity index is 483. The summed E-state index contributed by atoms with van der Waals surface area (Å²) >= 11 is 3.14. The number of nitrogens with one attached hydrogen (secondary N) is 3. The monoisotopic (exact) mass is 345 g/mol. The number of halogens is 2. The normalized spacial score (nSPS) is 9.95. The van der Waals surface area contributed by atoms with Crippen LogP contribution in [-0.4, -0.2) is 25.0 Å². The van der Waals surface area contributed by atoms with Crippen molar-refractivity contribution in [2.24, 2.45) is 0 Å². The minimum absolute atomic E-state index is 0.181. The molecule has 1 aromatic carbocycles. The number of rotatable bonds is 6. The Morgan fingerprint density at radius 1 is 1.35 bits per heavy atom. The van der Waals surface area contributed by atoms with Crippen LogP contribution in [0.25, 0.3) is 0 Å². The number of hydrogen-bond acceptors (Lipinski definition) is 3. The molecule has 7 heteroatoms. The second-order valence-electron chi connectivity index (χ2n) is 4.14. The molecule has 0 fully saturated rings. The Balaban J connectivity index is 2.34. The van der Waals surface area contributed by atoms with Crippen molar-refractivity contribution >= 4 is 33.6 Å². The van der Waals surface area contributed by atoms with Crippen molar-refractivity contribution in [2.45, 2.75) is 19.8 Å². The fourth-order valence-electron chi connectivity index (χ4n) is 1.40. The van der Waals surface area contributed by atoms with Crippen molar-refractivity contribution in [1.29, 1.82) is 0 Å². The molecule has 110 valence electrons. The molecular weight excluding hydrogens is 329 g/mol. The molecule has 20 heavy (non-hydrogen) atoms. The van der Waals surface area contributed by atoms with Gasteiger partial charge in [0.05, 0.1) is 12.2 Å². The minimum atomic E-state index is -0.540. The van der Waals surface area contributed by atoms with Gasteiger partial charge in [-0.05, 0) is 24.6 Å². The van der Waals surface area contributed by atoms with E-state index in [1.807, 2.05) is 6.92 Å². The van der Waals surface area contributed by atoms with Gasteiger partial charge in [-0.2, -0.15) is 0 Å². The van der Waals surface area contributed by atoms with Gasteiger partial charge in [0.15, 0.2) is 0 Å². The maximum atomic E-state index is 13.5. The SMILES string of the molecule is CCCCNC(=O)NC(=O)CNc1ccc(Br)cc1F. The van der Waals surface area contributed by atoms with E-state index < -0.39 is 17.8 Å². The van der Waals surface area contributed by atoms with Crippen molar-refractivity contribution in [3.05, 3.63) is 28.5 Å². The van der Waals surface area contributed by atoms with Gasteiger partial charge in [-0.3, -0.25) is 10.1 Å². The van der Waals surface area contributed by atoms with Gasteiger partial charge in [0, 0.05) is 11.0 Å². The zero-order valence-electron chi connectivity index (χ0n) is 11.1. The molecule has 5 nitrogen and oxygen atoms in total. The molecule has 0 saturated carbocycles. The molecule has 0 spiro atoms. The highest BCUT2D eigenvalue weighted by molar-refractivity contribution is 9.10. The number of imide groups is 1. The van der Waals surface area contributed by atoms with Crippen molar-refractivity contribution in [2.75, 3.05) is 18.4 Å². The maximum Gasteiger partial charge on any atom is 0.321 e. The van der Waals surface area contributed by atoms with Crippen LogP contribution in [-0.2, 0) is 4.79 Å². The molecule has 0 aliphatic heterocycles. The second kappa shape index (κ2) is 8.52. The first-order chi connectivity index (χ1) is 9.52. The molecule has 0 bridgehead atoms. The van der Waals surface area contributed by atoms with Crippen molar-refractivity contribution < 1.29 is 14.0 Å². The molecule has 1 rings (SSSR count). The first-order valence-electron chi connectivity index (χ1n) is 6.29. The Labute approximate surface area is 125 Å². The first kappa shape index (κ1) is 16.4. The van der Waals surface area contributed by atoms with Crippen LogP contribution in [0.15, 0.2) is 22.7 Å². The van der Waals surface area contributed by atoms with Crippen LogP contribution in [0.5, 0.6) is 0 Å². The number of amides is 3. The van der Waals surface area contributed by atoms with E-state index in [-0.39, 0.29) is 12.2 Å². The molecule has 0 unspecified atom stereocenters. The van der Waals surface area contributed by atoms with Gasteiger partial charge in [-0.25, -0.2) is 9.18 Å². The summed E-state index contributed by atoms with van der Waals surface area (Å²) in [4.78, 5) is 22.8. The van der Waals surface area contributed by atoms with Gasteiger partial charge < -0.3 is 10.6 Å². The van der Waals surface area contributed by atoms with Crippen molar-refractivity contribution in [3.8, 4) is 0 Å². The topological polar surface area (TPSA) is 70.2 Å². The summed E-state index contributed by atoms with van der Waals surface area (Å²) in [5.74, 6) is -0.999. The summed E-state index contributed by atoms with van der Waals surface area (Å²) in [5, 5.41) is 7.33. The Kier molecular flexibility index (Phi) is 7.00. The molecule has 3 N–H and O–H groups in total. The summed E-state index contributed by atoms with van der Waals surface area (Å²) in [6, 6.07) is 3.91. The van der Waals surface area contributed by atoms with Crippen LogP contribution in [0.4, 0.5) is 14.9 Å². The number of unbranched alkanes of at least 4 members (excludes halogenated alkanes) is 1. The van der Waals surface area contributed by atoms with Gasteiger partial charge >= 0.3 is 6.03 Å². The standard InChI is InChI=1S/C13H17BrFN3O2/c1-2-3-6-16-13(20)18-12(19)8-17-11-5-4-9(14)7-10(11)15/h4-5,7,17H,2-3,6,8H2,1H3,(H2,16,18,19,20). The van der Waals surface area contributed by atoms with Crippen molar-refractivity contribution in [3.63, 3.8) is 0 Å². The molecule has 0 radical (unpaired) electrons. The molecule has 0 saturated heterocycles. The van der Waals surface area contributed by atoms with E-state index in [9.17, 15) is 14.0 Å². The van der Waals surface area contributed by atoms with Gasteiger partial charge in [0.25, 0.3) is 0 Å². The lowest BCUT2D eigenvalue weighted by atomic mass is 10.3. The van der Waals surface area contributed by atoms with E-state index in [2.05, 4.69) is 31.9 Å². The van der Waals surface area contributed by atoms with E-state index >= 15 is 0 Å². The van der Waals surface area contributed by atoms with E-state index in [0.29, 0.717) is 11.0 Å². The largest absolute Gasteiger partial charge is 0.374 e. The highest BCUT2D eigenvalue weighted by Crippen LogP contribution is 2.18. The Morgan fingerprint density at radius 2 is 2.10 bits per heavy atom. The summed E-state index contributed by atoms with van der Waals surface area (Å²) in [6.45, 7) is 2.34. The van der Waals surface area contributed by atoms with Crippen LogP contribution in [0, 0.1) is 5.82 Å². The molecule has 0 atom stereocenters. The predicted molar refractivity (Wildman–Crippen MR) is 79.0 cm³/mol. The van der Waals surface area contributed by atoms with E-state index in [4.69, 9.17) is 0 Å². The lowest BCUT2D eigenvalue weighted by Gasteiger charge is -2.09. The first-order valence-corrected chi connectivity index (χ1v) is 7.09. The summed E-state index contributed by atoms with van der Waals surface area (Å²) < 4.78 is 14.1. The van der Waals surface area contributed by atoms with Gasteiger partial charge in [0.1, 0.15) is 5.82 Å². The third kappa shape index (κ3) is 6.01. The number of benzene rings is 1. The van der Waals surface area contributed by atoms with E-state index in [0.717, 1.165) is 12.8 Å². The molecule has 0 aliphatic rings. The van der Waals surface area contributed by atoms with Gasteiger partial charge in [-0.15, -0.1) is 0 Å². The lowest BCUT2D eigenvalue weighted by Crippen LogP contribution is -2.42. The summed E-state index contributed by atoms with van der Waals surface area (Å²) in [7, 11) is 0. The molecule has 0 aliphatic carbocycles. The molecular formula is C13H17BrFN3O2. The Morgan fingerprint density at radius 3 is 2.75 bits per heavy atom. The number of hydrogen-bond donors (Lipinski definition) is 3. The molecule has 0 heterocycles. The van der Waals surface area contributed by atoms with Crippen LogP contribution < -0.4 is 16.0 Å². The van der Waals surface area contributed by atoms with Crippen molar-refractivity contribution in [1.82, 2.24) is 10.6 Å². The quantitative estimate of drug-likeness (QED) is 0.694. The molecule has 3 amide bonds. The molecule has 1 aromatic rings. The van der Waals surface area contributed by atoms with Crippen LogP contribution >= 0.6 is 15.9 Å². The Hall–Kier alpha value is -1.63. The maximum absolute atomic E-state index is 13.5. The van der Waals surface area contributed by atoms with E-state index in [1.54, 1.807) is 6.07 Å². The van der Waals surface area contributed by atoms with E-state index in [1.165, 1.54) is 12.1 Å². The molecule has 0 aromatic heterocycles. The zero-order valence-corrected chi connectivity index (χ0v) is 12.7. The second-order valence-corrected chi connectivity index (χ2v) is 5.05. The number of carbonyl (C=O) groups is 2. The third-order valence-electron chi connectivity index (χ3n) is 2.44.